The number of ether oxygens (including phenoxy) is 1. The number of urea groups is 1. The Balaban J connectivity index is 2.58. The fraction of sp³-hybridized carbons (Fsp3) is 0.562. The van der Waals surface area contributed by atoms with Crippen LogP contribution in [0.15, 0.2) is 18.2 Å². The molecule has 0 fully saturated rings. The van der Waals surface area contributed by atoms with Crippen molar-refractivity contribution in [3.63, 3.8) is 0 Å². The normalized spacial score (nSPS) is 12.7. The maximum absolute atomic E-state index is 11.5. The summed E-state index contributed by atoms with van der Waals surface area (Å²) in [5, 5.41) is 14.2. The highest BCUT2D eigenvalue weighted by Crippen LogP contribution is 2.31. The number of carbonyl (C=O) groups excluding carboxylic acids is 1. The number of hydrogen-bond acceptors (Lipinski definition) is 3. The fourth-order valence-corrected chi connectivity index (χ4v) is 1.84. The van der Waals surface area contributed by atoms with Gasteiger partial charge in [0.15, 0.2) is 6.73 Å². The zero-order chi connectivity index (χ0) is 16.0. The van der Waals surface area contributed by atoms with Gasteiger partial charge in [0.1, 0.15) is 5.75 Å². The van der Waals surface area contributed by atoms with Crippen LogP contribution in [0, 0.1) is 6.92 Å². The molecule has 0 radical (unpaired) electrons. The molecule has 0 saturated heterocycles. The second kappa shape index (κ2) is 7.31. The summed E-state index contributed by atoms with van der Waals surface area (Å²) in [7, 11) is 0. The molecule has 0 aliphatic heterocycles. The van der Waals surface area contributed by atoms with Crippen LogP contribution in [0.5, 0.6) is 5.75 Å². The molecule has 21 heavy (non-hydrogen) atoms. The van der Waals surface area contributed by atoms with Gasteiger partial charge >= 0.3 is 6.03 Å². The number of rotatable bonds is 5. The maximum atomic E-state index is 11.5. The molecule has 1 aromatic rings. The Morgan fingerprint density at radius 3 is 2.57 bits per heavy atom. The van der Waals surface area contributed by atoms with E-state index in [1.54, 1.807) is 6.92 Å². The molecule has 5 nitrogen and oxygen atoms in total. The monoisotopic (exact) mass is 294 g/mol. The van der Waals surface area contributed by atoms with Crippen LogP contribution >= 0.6 is 0 Å². The van der Waals surface area contributed by atoms with Crippen molar-refractivity contribution >= 4 is 6.03 Å². The highest BCUT2D eigenvalue weighted by molar-refractivity contribution is 5.73. The number of nitrogens with one attached hydrogen (secondary N) is 2. The fourth-order valence-electron chi connectivity index (χ4n) is 1.84. The molecule has 0 aromatic heterocycles. The third kappa shape index (κ3) is 6.04. The van der Waals surface area contributed by atoms with Crippen molar-refractivity contribution in [1.82, 2.24) is 10.6 Å². The minimum absolute atomic E-state index is 0.0318. The van der Waals surface area contributed by atoms with Gasteiger partial charge in [-0.15, -0.1) is 0 Å². The Labute approximate surface area is 126 Å². The van der Waals surface area contributed by atoms with E-state index >= 15 is 0 Å². The molecule has 1 rings (SSSR count). The molecule has 2 amide bonds. The topological polar surface area (TPSA) is 70.6 Å². The van der Waals surface area contributed by atoms with Crippen molar-refractivity contribution in [2.24, 2.45) is 0 Å². The first-order valence-corrected chi connectivity index (χ1v) is 7.14. The Bertz CT molecular complexity index is 479. The van der Waals surface area contributed by atoms with E-state index < -0.39 is 6.10 Å². The first-order chi connectivity index (χ1) is 9.70. The predicted octanol–water partition coefficient (Wildman–Crippen LogP) is 2.31. The predicted molar refractivity (Wildman–Crippen MR) is 83.6 cm³/mol. The zero-order valence-electron chi connectivity index (χ0n) is 13.5. The number of hydrogen-bond donors (Lipinski definition) is 3. The summed E-state index contributed by atoms with van der Waals surface area (Å²) >= 11 is 0. The summed E-state index contributed by atoms with van der Waals surface area (Å²) in [6.45, 7) is 10.3. The second-order valence-corrected chi connectivity index (χ2v) is 6.27. The van der Waals surface area contributed by atoms with Gasteiger partial charge in [0.2, 0.25) is 0 Å². The molecule has 118 valence electrons. The van der Waals surface area contributed by atoms with Crippen molar-refractivity contribution in [2.45, 2.75) is 46.1 Å². The minimum atomic E-state index is -0.568. The molecule has 0 spiro atoms. The molecular weight excluding hydrogens is 268 g/mol. The molecule has 3 N–H and O–H groups in total. The molecule has 1 atom stereocenters. The van der Waals surface area contributed by atoms with Crippen LogP contribution in [0.25, 0.3) is 0 Å². The maximum Gasteiger partial charge on any atom is 0.317 e. The standard InChI is InChI=1S/C16H26N2O3/c1-11-6-7-14(13(8-11)16(3,4)5)21-10-18-15(20)17-9-12(2)19/h6-8,12,19H,9-10H2,1-5H3,(H2,17,18,20). The Hall–Kier alpha value is -1.75. The van der Waals surface area contributed by atoms with Gasteiger partial charge in [0, 0.05) is 6.54 Å². The molecular formula is C16H26N2O3. The molecule has 1 aromatic carbocycles. The van der Waals surface area contributed by atoms with Crippen LogP contribution in [0.1, 0.15) is 38.8 Å². The lowest BCUT2D eigenvalue weighted by molar-refractivity contribution is 0.184. The van der Waals surface area contributed by atoms with Gasteiger partial charge in [-0.1, -0.05) is 38.5 Å². The lowest BCUT2D eigenvalue weighted by Crippen LogP contribution is -2.40. The van der Waals surface area contributed by atoms with Gasteiger partial charge in [-0.3, -0.25) is 0 Å². The molecule has 5 heteroatoms. The van der Waals surface area contributed by atoms with E-state index in [0.29, 0.717) is 0 Å². The van der Waals surface area contributed by atoms with Crippen LogP contribution in [0.4, 0.5) is 4.79 Å². The van der Waals surface area contributed by atoms with Crippen molar-refractivity contribution in [3.05, 3.63) is 29.3 Å². The van der Waals surface area contributed by atoms with Crippen molar-refractivity contribution < 1.29 is 14.6 Å². The molecule has 0 saturated carbocycles. The number of carbonyl (C=O) groups is 1. The van der Waals surface area contributed by atoms with Crippen LogP contribution in [-0.2, 0) is 5.41 Å². The largest absolute Gasteiger partial charge is 0.473 e. The van der Waals surface area contributed by atoms with Gasteiger partial charge in [0.05, 0.1) is 6.10 Å². The third-order valence-electron chi connectivity index (χ3n) is 2.96. The number of benzene rings is 1. The van der Waals surface area contributed by atoms with E-state index in [9.17, 15) is 4.79 Å². The Morgan fingerprint density at radius 1 is 1.33 bits per heavy atom. The van der Waals surface area contributed by atoms with Crippen LogP contribution in [0.3, 0.4) is 0 Å². The summed E-state index contributed by atoms with van der Waals surface area (Å²) in [6, 6.07) is 5.65. The van der Waals surface area contributed by atoms with E-state index in [-0.39, 0.29) is 24.7 Å². The van der Waals surface area contributed by atoms with E-state index in [4.69, 9.17) is 9.84 Å². The third-order valence-corrected chi connectivity index (χ3v) is 2.96. The molecule has 0 aliphatic rings. The summed E-state index contributed by atoms with van der Waals surface area (Å²) in [6.07, 6.45) is -0.568. The molecule has 0 bridgehead atoms. The number of aryl methyl sites for hydroxylation is 1. The summed E-state index contributed by atoms with van der Waals surface area (Å²) < 4.78 is 5.66. The van der Waals surface area contributed by atoms with Gasteiger partial charge in [-0.05, 0) is 30.9 Å². The van der Waals surface area contributed by atoms with Crippen molar-refractivity contribution in [1.29, 1.82) is 0 Å². The highest BCUT2D eigenvalue weighted by Gasteiger charge is 2.19. The average Bonchev–Trinajstić information content (AvgIpc) is 2.37. The van der Waals surface area contributed by atoms with Crippen molar-refractivity contribution in [2.75, 3.05) is 13.3 Å². The average molecular weight is 294 g/mol. The highest BCUT2D eigenvalue weighted by atomic mass is 16.5. The minimum Gasteiger partial charge on any atom is -0.473 e. The number of aliphatic hydroxyl groups is 1. The first-order valence-electron chi connectivity index (χ1n) is 7.14. The van der Waals surface area contributed by atoms with Gasteiger partial charge in [0.25, 0.3) is 0 Å². The lowest BCUT2D eigenvalue weighted by atomic mass is 9.85. The Morgan fingerprint density at radius 2 is 2.00 bits per heavy atom. The quantitative estimate of drug-likeness (QED) is 0.730. The number of amides is 2. The van der Waals surface area contributed by atoms with E-state index in [2.05, 4.69) is 37.5 Å². The lowest BCUT2D eigenvalue weighted by Gasteiger charge is -2.23. The van der Waals surface area contributed by atoms with Crippen LogP contribution in [0.2, 0.25) is 0 Å². The molecule has 0 aliphatic carbocycles. The molecule has 1 unspecified atom stereocenters. The first kappa shape index (κ1) is 17.3. The van der Waals surface area contributed by atoms with E-state index in [1.807, 2.05) is 19.1 Å². The summed E-state index contributed by atoms with van der Waals surface area (Å²) in [5.41, 5.74) is 2.25. The van der Waals surface area contributed by atoms with Gasteiger partial charge in [-0.25, -0.2) is 4.79 Å². The number of aliphatic hydroxyl groups excluding tert-OH is 1. The molecule has 0 heterocycles. The van der Waals surface area contributed by atoms with Gasteiger partial charge < -0.3 is 20.5 Å². The van der Waals surface area contributed by atoms with E-state index in [1.165, 1.54) is 5.56 Å². The summed E-state index contributed by atoms with van der Waals surface area (Å²) in [5.74, 6) is 0.768. The summed E-state index contributed by atoms with van der Waals surface area (Å²) in [4.78, 5) is 11.5. The van der Waals surface area contributed by atoms with E-state index in [0.717, 1.165) is 11.3 Å². The second-order valence-electron chi connectivity index (χ2n) is 6.27. The Kier molecular flexibility index (Phi) is 6.03. The smallest absolute Gasteiger partial charge is 0.317 e. The zero-order valence-corrected chi connectivity index (χ0v) is 13.5. The van der Waals surface area contributed by atoms with Crippen LogP contribution < -0.4 is 15.4 Å². The van der Waals surface area contributed by atoms with Crippen molar-refractivity contribution in [3.8, 4) is 5.75 Å². The van der Waals surface area contributed by atoms with Crippen LogP contribution in [-0.4, -0.2) is 30.5 Å². The van der Waals surface area contributed by atoms with Gasteiger partial charge in [-0.2, -0.15) is 0 Å². The SMILES string of the molecule is Cc1ccc(OCNC(=O)NCC(C)O)c(C(C)(C)C)c1.